The summed E-state index contributed by atoms with van der Waals surface area (Å²) in [5, 5.41) is 2.72. The van der Waals surface area contributed by atoms with Crippen molar-refractivity contribution in [2.75, 3.05) is 20.7 Å². The molecule has 0 spiro atoms. The van der Waals surface area contributed by atoms with Crippen LogP contribution in [0.5, 0.6) is 5.75 Å². The number of rotatable bonds is 5. The second-order valence-electron chi connectivity index (χ2n) is 7.20. The summed E-state index contributed by atoms with van der Waals surface area (Å²) in [7, 11) is 3.46. The van der Waals surface area contributed by atoms with Gasteiger partial charge in [-0.05, 0) is 68.0 Å². The molecular weight excluding hydrogens is 344 g/mol. The Morgan fingerprint density at radius 2 is 2.08 bits per heavy atom. The van der Waals surface area contributed by atoms with E-state index in [1.54, 1.807) is 25.5 Å². The highest BCUT2D eigenvalue weighted by molar-refractivity contribution is 7.14. The van der Waals surface area contributed by atoms with E-state index in [2.05, 4.69) is 28.4 Å². The van der Waals surface area contributed by atoms with E-state index >= 15 is 0 Å². The Morgan fingerprint density at radius 3 is 2.85 bits per heavy atom. The fourth-order valence-electron chi connectivity index (χ4n) is 4.30. The van der Waals surface area contributed by atoms with Crippen LogP contribution >= 0.6 is 11.3 Å². The molecule has 2 aliphatic rings. The molecule has 1 atom stereocenters. The van der Waals surface area contributed by atoms with Crippen molar-refractivity contribution in [1.82, 2.24) is 10.2 Å². The maximum absolute atomic E-state index is 11.9. The molecule has 1 N–H and O–H groups in total. The van der Waals surface area contributed by atoms with Crippen molar-refractivity contribution >= 4 is 17.2 Å². The van der Waals surface area contributed by atoms with Gasteiger partial charge in [-0.2, -0.15) is 0 Å². The topological polar surface area (TPSA) is 41.6 Å². The average Bonchev–Trinajstić information content (AvgIpc) is 3.40. The van der Waals surface area contributed by atoms with Gasteiger partial charge in [-0.3, -0.25) is 9.69 Å². The fourth-order valence-corrected chi connectivity index (χ4v) is 5.42. The number of benzene rings is 1. The molecule has 1 aromatic heterocycles. The van der Waals surface area contributed by atoms with E-state index in [0.29, 0.717) is 6.04 Å². The van der Waals surface area contributed by atoms with Crippen LogP contribution in [0.25, 0.3) is 0 Å². The van der Waals surface area contributed by atoms with E-state index in [4.69, 9.17) is 4.74 Å². The Bertz CT molecular complexity index is 814. The van der Waals surface area contributed by atoms with Crippen LogP contribution in [0.15, 0.2) is 24.3 Å². The molecule has 1 amide bonds. The van der Waals surface area contributed by atoms with Crippen molar-refractivity contribution in [1.29, 1.82) is 0 Å². The Labute approximate surface area is 159 Å². The molecule has 0 radical (unpaired) electrons. The van der Waals surface area contributed by atoms with Crippen LogP contribution in [0.1, 0.15) is 56.5 Å². The van der Waals surface area contributed by atoms with Gasteiger partial charge in [0.25, 0.3) is 5.91 Å². The first-order chi connectivity index (χ1) is 12.7. The summed E-state index contributed by atoms with van der Waals surface area (Å²) in [4.78, 5) is 16.5. The maximum atomic E-state index is 11.9. The van der Waals surface area contributed by atoms with Crippen LogP contribution in [0.4, 0.5) is 0 Å². The number of ether oxygens (including phenoxy) is 1. The van der Waals surface area contributed by atoms with Gasteiger partial charge in [0, 0.05) is 30.1 Å². The molecule has 26 heavy (non-hydrogen) atoms. The lowest BCUT2D eigenvalue weighted by molar-refractivity contribution is 0.0967. The van der Waals surface area contributed by atoms with Crippen LogP contribution in [-0.4, -0.2) is 31.5 Å². The third kappa shape index (κ3) is 3.26. The number of fused-ring (bicyclic) bond motifs is 1. The molecule has 4 nitrogen and oxygen atoms in total. The summed E-state index contributed by atoms with van der Waals surface area (Å²) in [6.45, 7) is 2.01. The number of hydrogen-bond donors (Lipinski definition) is 1. The Morgan fingerprint density at radius 1 is 1.27 bits per heavy atom. The molecule has 138 valence electrons. The number of thiophene rings is 1. The second-order valence-corrected chi connectivity index (χ2v) is 8.31. The number of methoxy groups -OCH3 is 1. The minimum absolute atomic E-state index is 0.00564. The second kappa shape index (κ2) is 7.41. The maximum Gasteiger partial charge on any atom is 0.261 e. The lowest BCUT2D eigenvalue weighted by atomic mass is 10.0. The number of aryl methyl sites for hydroxylation is 2. The highest BCUT2D eigenvalue weighted by atomic mass is 32.1. The van der Waals surface area contributed by atoms with Crippen LogP contribution in [0.2, 0.25) is 0 Å². The minimum Gasteiger partial charge on any atom is -0.496 e. The normalized spacial score (nSPS) is 19.5. The smallest absolute Gasteiger partial charge is 0.261 e. The van der Waals surface area contributed by atoms with Gasteiger partial charge in [-0.25, -0.2) is 0 Å². The molecule has 1 saturated heterocycles. The zero-order chi connectivity index (χ0) is 18.1. The molecule has 0 saturated carbocycles. The summed E-state index contributed by atoms with van der Waals surface area (Å²) in [6, 6.07) is 9.08. The number of carbonyl (C=O) groups excluding carboxylic acids is 1. The van der Waals surface area contributed by atoms with E-state index < -0.39 is 0 Å². The number of likely N-dealkylation sites (tertiary alicyclic amines) is 1. The van der Waals surface area contributed by atoms with Crippen LogP contribution in [0.3, 0.4) is 0 Å². The minimum atomic E-state index is 0.00564. The summed E-state index contributed by atoms with van der Waals surface area (Å²) < 4.78 is 5.69. The molecule has 2 heterocycles. The fraction of sp³-hybridized carbons (Fsp3) is 0.476. The average molecular weight is 371 g/mol. The van der Waals surface area contributed by atoms with Gasteiger partial charge in [0.05, 0.1) is 12.0 Å². The largest absolute Gasteiger partial charge is 0.496 e. The van der Waals surface area contributed by atoms with Gasteiger partial charge in [-0.1, -0.05) is 6.07 Å². The first kappa shape index (κ1) is 17.6. The van der Waals surface area contributed by atoms with Crippen LogP contribution in [0, 0.1) is 0 Å². The van der Waals surface area contributed by atoms with E-state index in [0.717, 1.165) is 30.1 Å². The van der Waals surface area contributed by atoms with E-state index in [9.17, 15) is 4.79 Å². The molecule has 1 aliphatic heterocycles. The van der Waals surface area contributed by atoms with Gasteiger partial charge < -0.3 is 10.1 Å². The Kier molecular flexibility index (Phi) is 5.00. The SMILES string of the molecule is CNC(=O)c1ccc([C@@H]2CCCN2Cc2cc3c(cc2OC)CCC3)s1. The zero-order valence-corrected chi connectivity index (χ0v) is 16.3. The van der Waals surface area contributed by atoms with Crippen molar-refractivity contribution in [2.45, 2.75) is 44.7 Å². The predicted octanol–water partition coefficient (Wildman–Crippen LogP) is 3.94. The summed E-state index contributed by atoms with van der Waals surface area (Å²) in [5.41, 5.74) is 4.25. The third-order valence-corrected chi connectivity index (χ3v) is 6.82. The zero-order valence-electron chi connectivity index (χ0n) is 15.5. The quantitative estimate of drug-likeness (QED) is 0.867. The van der Waals surface area contributed by atoms with Crippen molar-refractivity contribution in [2.24, 2.45) is 0 Å². The first-order valence-electron chi connectivity index (χ1n) is 9.44. The van der Waals surface area contributed by atoms with Gasteiger partial charge in [0.1, 0.15) is 5.75 Å². The molecular formula is C21H26N2O2S. The molecule has 0 bridgehead atoms. The monoisotopic (exact) mass is 370 g/mol. The number of carbonyl (C=O) groups is 1. The standard InChI is InChI=1S/C21H26N2O2S/c1-22-21(24)20-9-8-19(26-20)17-7-4-10-23(17)13-16-11-14-5-3-6-15(14)12-18(16)25-2/h8-9,11-12,17H,3-7,10,13H2,1-2H3,(H,22,24)/t17-/m0/s1. The molecule has 1 aliphatic carbocycles. The van der Waals surface area contributed by atoms with E-state index in [1.165, 1.54) is 47.3 Å². The molecule has 4 rings (SSSR count). The van der Waals surface area contributed by atoms with Crippen LogP contribution in [-0.2, 0) is 19.4 Å². The lowest BCUT2D eigenvalue weighted by Crippen LogP contribution is -2.22. The van der Waals surface area contributed by atoms with E-state index in [-0.39, 0.29) is 5.91 Å². The molecule has 2 aromatic rings. The first-order valence-corrected chi connectivity index (χ1v) is 10.3. The lowest BCUT2D eigenvalue weighted by Gasteiger charge is -2.25. The van der Waals surface area contributed by atoms with E-state index in [1.807, 2.05) is 6.07 Å². The summed E-state index contributed by atoms with van der Waals surface area (Å²) in [5.74, 6) is 1.03. The molecule has 5 heteroatoms. The number of nitrogens with zero attached hydrogens (tertiary/aromatic N) is 1. The number of nitrogens with one attached hydrogen (secondary N) is 1. The molecule has 0 unspecified atom stereocenters. The Balaban J connectivity index is 1.56. The highest BCUT2D eigenvalue weighted by Crippen LogP contribution is 2.39. The summed E-state index contributed by atoms with van der Waals surface area (Å²) >= 11 is 1.62. The van der Waals surface area contributed by atoms with Gasteiger partial charge in [0.15, 0.2) is 0 Å². The van der Waals surface area contributed by atoms with Crippen molar-refractivity contribution in [3.05, 3.63) is 50.7 Å². The van der Waals surface area contributed by atoms with Crippen molar-refractivity contribution < 1.29 is 9.53 Å². The van der Waals surface area contributed by atoms with Crippen LogP contribution < -0.4 is 10.1 Å². The number of amides is 1. The van der Waals surface area contributed by atoms with Gasteiger partial charge in [-0.15, -0.1) is 11.3 Å². The van der Waals surface area contributed by atoms with Crippen molar-refractivity contribution in [3.8, 4) is 5.75 Å². The van der Waals surface area contributed by atoms with Crippen molar-refractivity contribution in [3.63, 3.8) is 0 Å². The third-order valence-electron chi connectivity index (χ3n) is 5.64. The summed E-state index contributed by atoms with van der Waals surface area (Å²) in [6.07, 6.45) is 5.98. The number of hydrogen-bond acceptors (Lipinski definition) is 4. The molecule has 1 fully saturated rings. The van der Waals surface area contributed by atoms with Gasteiger partial charge in [0.2, 0.25) is 0 Å². The highest BCUT2D eigenvalue weighted by Gasteiger charge is 2.29. The Hall–Kier alpha value is -1.85. The van der Waals surface area contributed by atoms with Gasteiger partial charge >= 0.3 is 0 Å². The molecule has 1 aromatic carbocycles. The predicted molar refractivity (Wildman–Crippen MR) is 105 cm³/mol.